The maximum atomic E-state index is 12.2. The Kier molecular flexibility index (Phi) is 8.12. The number of ether oxygens (including phenoxy) is 1. The van der Waals surface area contributed by atoms with E-state index in [9.17, 15) is 4.79 Å². The molecule has 0 unspecified atom stereocenters. The monoisotopic (exact) mass is 378 g/mol. The SMILES string of the molecule is CSc1ccccc1NC(=O)CN(C)CCCOc1ccc(Cl)cc1. The van der Waals surface area contributed by atoms with Crippen molar-refractivity contribution in [3.63, 3.8) is 0 Å². The highest BCUT2D eigenvalue weighted by Crippen LogP contribution is 2.24. The number of halogens is 1. The van der Waals surface area contributed by atoms with Crippen molar-refractivity contribution in [3.8, 4) is 5.75 Å². The molecule has 0 aliphatic carbocycles. The van der Waals surface area contributed by atoms with E-state index >= 15 is 0 Å². The topological polar surface area (TPSA) is 41.6 Å². The summed E-state index contributed by atoms with van der Waals surface area (Å²) in [5, 5.41) is 3.66. The number of hydrogen-bond donors (Lipinski definition) is 1. The Hall–Kier alpha value is -1.69. The number of hydrogen-bond acceptors (Lipinski definition) is 4. The fourth-order valence-electron chi connectivity index (χ4n) is 2.32. The summed E-state index contributed by atoms with van der Waals surface area (Å²) in [7, 11) is 1.93. The standard InChI is InChI=1S/C19H23ClN2O2S/c1-22(12-5-13-24-16-10-8-15(20)9-11-16)14-19(23)21-17-6-3-4-7-18(17)25-2/h3-4,6-11H,5,12-14H2,1-2H3,(H,21,23). The number of carbonyl (C=O) groups excluding carboxylic acids is 1. The molecule has 1 amide bonds. The van der Waals surface area contributed by atoms with Crippen LogP contribution in [0.1, 0.15) is 6.42 Å². The zero-order chi connectivity index (χ0) is 18.1. The summed E-state index contributed by atoms with van der Waals surface area (Å²) in [5.74, 6) is 0.793. The molecule has 2 rings (SSSR count). The van der Waals surface area contributed by atoms with Gasteiger partial charge < -0.3 is 10.1 Å². The van der Waals surface area contributed by atoms with Crippen molar-refractivity contribution in [1.82, 2.24) is 4.90 Å². The van der Waals surface area contributed by atoms with Crippen LogP contribution in [-0.4, -0.2) is 43.8 Å². The zero-order valence-electron chi connectivity index (χ0n) is 14.5. The zero-order valence-corrected chi connectivity index (χ0v) is 16.1. The molecule has 0 fully saturated rings. The normalized spacial score (nSPS) is 10.7. The number of para-hydroxylation sites is 1. The summed E-state index contributed by atoms with van der Waals surface area (Å²) < 4.78 is 5.65. The summed E-state index contributed by atoms with van der Waals surface area (Å²) in [6.07, 6.45) is 2.84. The van der Waals surface area contributed by atoms with E-state index < -0.39 is 0 Å². The van der Waals surface area contributed by atoms with Gasteiger partial charge in [0.2, 0.25) is 5.91 Å². The molecule has 2 aromatic carbocycles. The third-order valence-electron chi connectivity index (χ3n) is 3.56. The smallest absolute Gasteiger partial charge is 0.238 e. The van der Waals surface area contributed by atoms with Gasteiger partial charge in [-0.1, -0.05) is 23.7 Å². The second-order valence-electron chi connectivity index (χ2n) is 5.64. The van der Waals surface area contributed by atoms with Gasteiger partial charge in [-0.3, -0.25) is 9.69 Å². The summed E-state index contributed by atoms with van der Waals surface area (Å²) in [4.78, 5) is 15.2. The molecule has 2 aromatic rings. The molecule has 6 heteroatoms. The van der Waals surface area contributed by atoms with E-state index in [-0.39, 0.29) is 5.91 Å². The molecule has 0 atom stereocenters. The molecule has 134 valence electrons. The third kappa shape index (κ3) is 6.98. The van der Waals surface area contributed by atoms with Crippen LogP contribution >= 0.6 is 23.4 Å². The average Bonchev–Trinajstić information content (AvgIpc) is 2.60. The predicted octanol–water partition coefficient (Wildman–Crippen LogP) is 4.40. The van der Waals surface area contributed by atoms with Crippen LogP contribution in [0.2, 0.25) is 5.02 Å². The van der Waals surface area contributed by atoms with Gasteiger partial charge >= 0.3 is 0 Å². The molecule has 1 N–H and O–H groups in total. The van der Waals surface area contributed by atoms with E-state index in [0.717, 1.165) is 29.3 Å². The lowest BCUT2D eigenvalue weighted by molar-refractivity contribution is -0.117. The molecule has 25 heavy (non-hydrogen) atoms. The maximum absolute atomic E-state index is 12.2. The highest BCUT2D eigenvalue weighted by atomic mass is 35.5. The number of nitrogens with one attached hydrogen (secondary N) is 1. The lowest BCUT2D eigenvalue weighted by atomic mass is 10.3. The van der Waals surface area contributed by atoms with Gasteiger partial charge in [0.05, 0.1) is 18.8 Å². The Balaban J connectivity index is 1.68. The van der Waals surface area contributed by atoms with Crippen LogP contribution in [0.3, 0.4) is 0 Å². The van der Waals surface area contributed by atoms with E-state index in [4.69, 9.17) is 16.3 Å². The molecule has 0 aromatic heterocycles. The van der Waals surface area contributed by atoms with E-state index in [2.05, 4.69) is 5.32 Å². The summed E-state index contributed by atoms with van der Waals surface area (Å²) >= 11 is 7.46. The lowest BCUT2D eigenvalue weighted by Crippen LogP contribution is -2.31. The largest absolute Gasteiger partial charge is 0.494 e. The number of thioether (sulfide) groups is 1. The van der Waals surface area contributed by atoms with Gasteiger partial charge in [-0.05, 0) is 56.1 Å². The van der Waals surface area contributed by atoms with Crippen molar-refractivity contribution in [1.29, 1.82) is 0 Å². The van der Waals surface area contributed by atoms with Crippen molar-refractivity contribution < 1.29 is 9.53 Å². The Morgan fingerprint density at radius 1 is 1.20 bits per heavy atom. The van der Waals surface area contributed by atoms with E-state index in [1.165, 1.54) is 0 Å². The Morgan fingerprint density at radius 3 is 2.64 bits per heavy atom. The summed E-state index contributed by atoms with van der Waals surface area (Å²) in [5.41, 5.74) is 0.861. The van der Waals surface area contributed by atoms with Gasteiger partial charge in [-0.15, -0.1) is 11.8 Å². The van der Waals surface area contributed by atoms with Crippen LogP contribution in [-0.2, 0) is 4.79 Å². The van der Waals surface area contributed by atoms with Crippen molar-refractivity contribution >= 4 is 35.0 Å². The number of rotatable bonds is 9. The minimum Gasteiger partial charge on any atom is -0.494 e. The van der Waals surface area contributed by atoms with Gasteiger partial charge in [0, 0.05) is 16.5 Å². The van der Waals surface area contributed by atoms with E-state index in [1.807, 2.05) is 54.6 Å². The second kappa shape index (κ2) is 10.3. The van der Waals surface area contributed by atoms with Gasteiger partial charge in [-0.2, -0.15) is 0 Å². The van der Waals surface area contributed by atoms with Gasteiger partial charge in [-0.25, -0.2) is 0 Å². The summed E-state index contributed by atoms with van der Waals surface area (Å²) in [6, 6.07) is 15.1. The highest BCUT2D eigenvalue weighted by molar-refractivity contribution is 7.98. The molecule has 0 aliphatic rings. The van der Waals surface area contributed by atoms with Crippen molar-refractivity contribution in [2.75, 3.05) is 38.3 Å². The van der Waals surface area contributed by atoms with E-state index in [1.54, 1.807) is 23.9 Å². The summed E-state index contributed by atoms with van der Waals surface area (Å²) in [6.45, 7) is 1.73. The maximum Gasteiger partial charge on any atom is 0.238 e. The van der Waals surface area contributed by atoms with Crippen molar-refractivity contribution in [2.24, 2.45) is 0 Å². The molecule has 0 radical (unpaired) electrons. The third-order valence-corrected chi connectivity index (χ3v) is 4.61. The van der Waals surface area contributed by atoms with Crippen LogP contribution in [0.5, 0.6) is 5.75 Å². The van der Waals surface area contributed by atoms with Gasteiger partial charge in [0.25, 0.3) is 0 Å². The van der Waals surface area contributed by atoms with Gasteiger partial charge in [0.15, 0.2) is 0 Å². The molecule has 0 saturated heterocycles. The number of likely N-dealkylation sites (N-methyl/N-ethyl adjacent to an activating group) is 1. The molecule has 0 saturated carbocycles. The first-order valence-electron chi connectivity index (χ1n) is 8.08. The number of amides is 1. The predicted molar refractivity (Wildman–Crippen MR) is 106 cm³/mol. The second-order valence-corrected chi connectivity index (χ2v) is 6.93. The van der Waals surface area contributed by atoms with Crippen LogP contribution in [0.4, 0.5) is 5.69 Å². The average molecular weight is 379 g/mol. The molecule has 0 aliphatic heterocycles. The van der Waals surface area contributed by atoms with Crippen LogP contribution in [0.15, 0.2) is 53.4 Å². The Morgan fingerprint density at radius 2 is 1.92 bits per heavy atom. The molecule has 0 spiro atoms. The number of anilines is 1. The Bertz CT molecular complexity index is 679. The van der Waals surface area contributed by atoms with Crippen molar-refractivity contribution in [2.45, 2.75) is 11.3 Å². The van der Waals surface area contributed by atoms with Crippen LogP contribution < -0.4 is 10.1 Å². The quantitative estimate of drug-likeness (QED) is 0.518. The van der Waals surface area contributed by atoms with Crippen molar-refractivity contribution in [3.05, 3.63) is 53.6 Å². The molecule has 0 heterocycles. The van der Waals surface area contributed by atoms with E-state index in [0.29, 0.717) is 18.2 Å². The fourth-order valence-corrected chi connectivity index (χ4v) is 3.00. The lowest BCUT2D eigenvalue weighted by Gasteiger charge is -2.17. The minimum atomic E-state index is -0.0115. The van der Waals surface area contributed by atoms with Gasteiger partial charge in [0.1, 0.15) is 5.75 Å². The molecular formula is C19H23ClN2O2S. The van der Waals surface area contributed by atoms with Crippen LogP contribution in [0, 0.1) is 0 Å². The number of carbonyl (C=O) groups is 1. The number of nitrogens with zero attached hydrogens (tertiary/aromatic N) is 1. The Labute approximate surface area is 158 Å². The minimum absolute atomic E-state index is 0.0115. The molecular weight excluding hydrogens is 356 g/mol. The molecule has 0 bridgehead atoms. The fraction of sp³-hybridized carbons (Fsp3) is 0.316. The first-order chi connectivity index (χ1) is 12.1. The highest BCUT2D eigenvalue weighted by Gasteiger charge is 2.09. The first kappa shape index (κ1) is 19.6. The molecule has 4 nitrogen and oxygen atoms in total. The van der Waals surface area contributed by atoms with Crippen LogP contribution in [0.25, 0.3) is 0 Å². The number of benzene rings is 2. The first-order valence-corrected chi connectivity index (χ1v) is 9.68.